The van der Waals surface area contributed by atoms with Crippen molar-refractivity contribution in [1.29, 1.82) is 0 Å². The number of ether oxygens (including phenoxy) is 1. The molecule has 0 unspecified atom stereocenters. The highest BCUT2D eigenvalue weighted by Crippen LogP contribution is 2.09. The number of hydrogen-bond acceptors (Lipinski definition) is 4. The van der Waals surface area contributed by atoms with Gasteiger partial charge in [-0.2, -0.15) is 0 Å². The van der Waals surface area contributed by atoms with E-state index >= 15 is 0 Å². The molecule has 0 spiro atoms. The third-order valence-electron chi connectivity index (χ3n) is 4.28. The Morgan fingerprint density at radius 1 is 1.15 bits per heavy atom. The number of amides is 1. The number of carbonyl (C=O) groups excluding carboxylic acids is 2. The zero-order valence-corrected chi connectivity index (χ0v) is 19.3. The van der Waals surface area contributed by atoms with Gasteiger partial charge >= 0.3 is 5.97 Å². The fraction of sp³-hybridized carbons (Fsp3) is 0.842. The van der Waals surface area contributed by atoms with E-state index in [1.807, 2.05) is 11.8 Å². The van der Waals surface area contributed by atoms with E-state index in [0.717, 1.165) is 77.2 Å². The second kappa shape index (κ2) is 17.1. The smallest absolute Gasteiger partial charge is 0.305 e. The first-order valence-electron chi connectivity index (χ1n) is 10.1. The molecule has 2 N–H and O–H groups in total. The molecule has 8 heteroatoms. The third-order valence-corrected chi connectivity index (χ3v) is 4.28. The van der Waals surface area contributed by atoms with Crippen LogP contribution in [0.25, 0.3) is 0 Å². The first kappa shape index (κ1) is 25.9. The largest absolute Gasteiger partial charge is 0.466 e. The van der Waals surface area contributed by atoms with Crippen LogP contribution in [0.5, 0.6) is 0 Å². The lowest BCUT2D eigenvalue weighted by molar-refractivity contribution is -0.143. The number of carbonyl (C=O) groups is 2. The molecular formula is C19H37IN4O3. The van der Waals surface area contributed by atoms with Crippen LogP contribution >= 0.6 is 24.0 Å². The standard InChI is InChI=1S/C19H36N4O3.HI/c1-3-20-19(22-14-10-16-23-15-9-11-17(23)24)21-13-8-6-5-7-12-18(25)26-4-2;/h3-16H2,1-2H3,(H2,20,21,22);1H. The molecule has 1 aliphatic rings. The van der Waals surface area contributed by atoms with Gasteiger partial charge in [-0.05, 0) is 39.5 Å². The van der Waals surface area contributed by atoms with Gasteiger partial charge in [0.25, 0.3) is 0 Å². The van der Waals surface area contributed by atoms with Crippen LogP contribution in [-0.2, 0) is 14.3 Å². The fourth-order valence-electron chi connectivity index (χ4n) is 2.92. The zero-order valence-electron chi connectivity index (χ0n) is 16.9. The lowest BCUT2D eigenvalue weighted by Gasteiger charge is -2.15. The maximum absolute atomic E-state index is 11.6. The minimum absolute atomic E-state index is 0. The predicted molar refractivity (Wildman–Crippen MR) is 120 cm³/mol. The van der Waals surface area contributed by atoms with Crippen LogP contribution in [0.4, 0.5) is 0 Å². The molecule has 1 saturated heterocycles. The number of aliphatic imine (C=N–C) groups is 1. The molecular weight excluding hydrogens is 459 g/mol. The molecule has 0 aliphatic carbocycles. The van der Waals surface area contributed by atoms with Crippen LogP contribution in [0.1, 0.15) is 65.2 Å². The highest BCUT2D eigenvalue weighted by atomic mass is 127. The van der Waals surface area contributed by atoms with E-state index in [1.165, 1.54) is 0 Å². The summed E-state index contributed by atoms with van der Waals surface area (Å²) < 4.78 is 4.92. The van der Waals surface area contributed by atoms with E-state index in [4.69, 9.17) is 4.74 Å². The molecule has 0 atom stereocenters. The van der Waals surface area contributed by atoms with Crippen molar-refractivity contribution in [1.82, 2.24) is 15.5 Å². The zero-order chi connectivity index (χ0) is 19.0. The van der Waals surface area contributed by atoms with E-state index in [-0.39, 0.29) is 35.9 Å². The molecule has 0 aromatic heterocycles. The average Bonchev–Trinajstić information content (AvgIpc) is 3.03. The van der Waals surface area contributed by atoms with Crippen LogP contribution < -0.4 is 10.6 Å². The van der Waals surface area contributed by atoms with Crippen molar-refractivity contribution in [3.8, 4) is 0 Å². The average molecular weight is 496 g/mol. The summed E-state index contributed by atoms with van der Waals surface area (Å²) in [6, 6.07) is 0. The minimum atomic E-state index is -0.0946. The highest BCUT2D eigenvalue weighted by molar-refractivity contribution is 14.0. The number of nitrogens with zero attached hydrogens (tertiary/aromatic N) is 2. The van der Waals surface area contributed by atoms with Gasteiger partial charge in [0.2, 0.25) is 5.91 Å². The number of rotatable bonds is 13. The SMILES string of the molecule is CCNC(=NCCCN1CCCC1=O)NCCCCCCC(=O)OCC.I. The summed E-state index contributed by atoms with van der Waals surface area (Å²) in [5.41, 5.74) is 0. The van der Waals surface area contributed by atoms with Crippen molar-refractivity contribution < 1.29 is 14.3 Å². The summed E-state index contributed by atoms with van der Waals surface area (Å²) in [5.74, 6) is 1.02. The summed E-state index contributed by atoms with van der Waals surface area (Å²) in [7, 11) is 0. The van der Waals surface area contributed by atoms with E-state index in [1.54, 1.807) is 0 Å². The Kier molecular flexibility index (Phi) is 16.4. The molecule has 7 nitrogen and oxygen atoms in total. The van der Waals surface area contributed by atoms with Crippen LogP contribution in [0.15, 0.2) is 4.99 Å². The van der Waals surface area contributed by atoms with Gasteiger partial charge in [-0.3, -0.25) is 14.6 Å². The van der Waals surface area contributed by atoms with Gasteiger partial charge in [0.15, 0.2) is 5.96 Å². The lowest BCUT2D eigenvalue weighted by Crippen LogP contribution is -2.38. The molecule has 1 amide bonds. The molecule has 0 aromatic rings. The Hall–Kier alpha value is -1.06. The number of nitrogens with one attached hydrogen (secondary N) is 2. The quantitative estimate of drug-likeness (QED) is 0.135. The normalized spacial score (nSPS) is 14.1. The van der Waals surface area contributed by atoms with Gasteiger partial charge < -0.3 is 20.3 Å². The Morgan fingerprint density at radius 2 is 1.93 bits per heavy atom. The molecule has 0 aromatic carbocycles. The van der Waals surface area contributed by atoms with Gasteiger partial charge in [-0.15, -0.1) is 24.0 Å². The predicted octanol–water partition coefficient (Wildman–Crippen LogP) is 2.69. The van der Waals surface area contributed by atoms with E-state index in [2.05, 4.69) is 22.5 Å². The summed E-state index contributed by atoms with van der Waals surface area (Å²) in [4.78, 5) is 29.3. The maximum Gasteiger partial charge on any atom is 0.305 e. The topological polar surface area (TPSA) is 83.0 Å². The maximum atomic E-state index is 11.6. The fourth-order valence-corrected chi connectivity index (χ4v) is 2.92. The second-order valence-corrected chi connectivity index (χ2v) is 6.49. The second-order valence-electron chi connectivity index (χ2n) is 6.49. The lowest BCUT2D eigenvalue weighted by atomic mass is 10.1. The number of halogens is 1. The number of likely N-dealkylation sites (tertiary alicyclic amines) is 1. The molecule has 1 aliphatic heterocycles. The molecule has 1 fully saturated rings. The van der Waals surface area contributed by atoms with Gasteiger partial charge in [-0.25, -0.2) is 0 Å². The number of esters is 1. The van der Waals surface area contributed by atoms with E-state index in [0.29, 0.717) is 19.4 Å². The van der Waals surface area contributed by atoms with Gasteiger partial charge in [-0.1, -0.05) is 12.8 Å². The third kappa shape index (κ3) is 12.9. The van der Waals surface area contributed by atoms with Crippen LogP contribution in [-0.4, -0.2) is 62.1 Å². The summed E-state index contributed by atoms with van der Waals surface area (Å²) in [6.45, 7) is 8.47. The number of hydrogen-bond donors (Lipinski definition) is 2. The molecule has 1 rings (SSSR count). The van der Waals surface area contributed by atoms with Crippen LogP contribution in [0.3, 0.4) is 0 Å². The molecule has 0 radical (unpaired) electrons. The Bertz CT molecular complexity index is 447. The molecule has 0 bridgehead atoms. The van der Waals surface area contributed by atoms with E-state index in [9.17, 15) is 9.59 Å². The Labute approximate surface area is 181 Å². The van der Waals surface area contributed by atoms with Crippen LogP contribution in [0.2, 0.25) is 0 Å². The Balaban J connectivity index is 0.00000676. The first-order chi connectivity index (χ1) is 12.7. The first-order valence-corrected chi connectivity index (χ1v) is 10.1. The van der Waals surface area contributed by atoms with Crippen LogP contribution in [0, 0.1) is 0 Å². The minimum Gasteiger partial charge on any atom is -0.466 e. The molecule has 0 saturated carbocycles. The van der Waals surface area contributed by atoms with E-state index < -0.39 is 0 Å². The van der Waals surface area contributed by atoms with Crippen molar-refractivity contribution in [3.05, 3.63) is 0 Å². The van der Waals surface area contributed by atoms with Gasteiger partial charge in [0.05, 0.1) is 6.61 Å². The monoisotopic (exact) mass is 496 g/mol. The Morgan fingerprint density at radius 3 is 2.59 bits per heavy atom. The van der Waals surface area contributed by atoms with Gasteiger partial charge in [0.1, 0.15) is 0 Å². The van der Waals surface area contributed by atoms with Gasteiger partial charge in [0, 0.05) is 45.6 Å². The molecule has 27 heavy (non-hydrogen) atoms. The summed E-state index contributed by atoms with van der Waals surface area (Å²) >= 11 is 0. The summed E-state index contributed by atoms with van der Waals surface area (Å²) in [6.07, 6.45) is 7.18. The van der Waals surface area contributed by atoms with Crippen molar-refractivity contribution >= 4 is 41.8 Å². The van der Waals surface area contributed by atoms with Crippen molar-refractivity contribution in [2.45, 2.75) is 65.2 Å². The van der Waals surface area contributed by atoms with Crippen molar-refractivity contribution in [2.75, 3.05) is 39.3 Å². The number of guanidine groups is 1. The summed E-state index contributed by atoms with van der Waals surface area (Å²) in [5, 5.41) is 6.59. The molecule has 1 heterocycles. The van der Waals surface area contributed by atoms with Crippen molar-refractivity contribution in [2.24, 2.45) is 4.99 Å². The molecule has 158 valence electrons. The number of unbranched alkanes of at least 4 members (excludes halogenated alkanes) is 3. The highest BCUT2D eigenvalue weighted by Gasteiger charge is 2.18. The van der Waals surface area contributed by atoms with Crippen molar-refractivity contribution in [3.63, 3.8) is 0 Å².